The Bertz CT molecular complexity index is 388. The highest BCUT2D eigenvalue weighted by atomic mass is 16.4. The fourth-order valence-electron chi connectivity index (χ4n) is 3.21. The molecule has 6 heteroatoms. The molecule has 2 unspecified atom stereocenters. The maximum absolute atomic E-state index is 12.3. The van der Waals surface area contributed by atoms with Gasteiger partial charge in [0.05, 0.1) is 0 Å². The Morgan fingerprint density at radius 3 is 2.75 bits per heavy atom. The van der Waals surface area contributed by atoms with E-state index in [2.05, 4.69) is 10.2 Å². The van der Waals surface area contributed by atoms with Crippen LogP contribution in [0.1, 0.15) is 39.5 Å². The monoisotopic (exact) mass is 283 g/mol. The normalized spacial score (nSPS) is 25.9. The molecule has 2 atom stereocenters. The molecule has 0 aromatic rings. The van der Waals surface area contributed by atoms with Gasteiger partial charge in [0.25, 0.3) is 0 Å². The van der Waals surface area contributed by atoms with Crippen molar-refractivity contribution >= 4 is 12.0 Å². The lowest BCUT2D eigenvalue weighted by Crippen LogP contribution is -2.60. The van der Waals surface area contributed by atoms with Gasteiger partial charge in [0.15, 0.2) is 0 Å². The summed E-state index contributed by atoms with van der Waals surface area (Å²) in [6, 6.07) is 0.214. The van der Waals surface area contributed by atoms with E-state index in [1.165, 1.54) is 6.42 Å². The molecule has 2 aliphatic rings. The summed E-state index contributed by atoms with van der Waals surface area (Å²) in [6.45, 7) is 6.93. The molecule has 2 saturated heterocycles. The van der Waals surface area contributed by atoms with E-state index >= 15 is 0 Å². The zero-order valence-electron chi connectivity index (χ0n) is 12.4. The van der Waals surface area contributed by atoms with Gasteiger partial charge in [0.1, 0.15) is 5.54 Å². The number of carboxylic acid groups (broad SMARTS) is 1. The third-order valence-electron chi connectivity index (χ3n) is 4.48. The lowest BCUT2D eigenvalue weighted by Gasteiger charge is -2.39. The van der Waals surface area contributed by atoms with E-state index in [1.807, 2.05) is 6.92 Å². The van der Waals surface area contributed by atoms with E-state index in [9.17, 15) is 14.7 Å². The highest BCUT2D eigenvalue weighted by molar-refractivity contribution is 5.86. The van der Waals surface area contributed by atoms with E-state index < -0.39 is 11.5 Å². The number of rotatable bonds is 4. The number of urea groups is 1. The molecule has 2 rings (SSSR count). The summed E-state index contributed by atoms with van der Waals surface area (Å²) in [7, 11) is 0. The molecule has 2 fully saturated rings. The quantitative estimate of drug-likeness (QED) is 0.811. The van der Waals surface area contributed by atoms with Crippen LogP contribution in [-0.4, -0.2) is 64.7 Å². The Kier molecular flexibility index (Phi) is 4.52. The van der Waals surface area contributed by atoms with E-state index in [4.69, 9.17) is 0 Å². The third kappa shape index (κ3) is 3.06. The minimum Gasteiger partial charge on any atom is -0.480 e. The van der Waals surface area contributed by atoms with E-state index in [-0.39, 0.29) is 6.03 Å². The molecule has 0 bridgehead atoms. The van der Waals surface area contributed by atoms with Gasteiger partial charge in [-0.15, -0.1) is 0 Å². The summed E-state index contributed by atoms with van der Waals surface area (Å²) in [5, 5.41) is 12.0. The lowest BCUT2D eigenvalue weighted by molar-refractivity contribution is -0.144. The second-order valence-electron chi connectivity index (χ2n) is 6.10. The van der Waals surface area contributed by atoms with Crippen molar-refractivity contribution in [3.05, 3.63) is 0 Å². The summed E-state index contributed by atoms with van der Waals surface area (Å²) in [6.07, 6.45) is 3.49. The maximum Gasteiger partial charge on any atom is 0.329 e. The number of carbonyl (C=O) groups is 2. The number of fused-ring (bicyclic) bond motifs is 1. The summed E-state index contributed by atoms with van der Waals surface area (Å²) in [4.78, 5) is 27.9. The number of nitrogens with one attached hydrogen (secondary N) is 1. The predicted molar refractivity (Wildman–Crippen MR) is 75.6 cm³/mol. The van der Waals surface area contributed by atoms with E-state index in [1.54, 1.807) is 11.8 Å². The first-order chi connectivity index (χ1) is 9.46. The fraction of sp³-hybridized carbons (Fsp3) is 0.857. The molecule has 0 radical (unpaired) electrons. The van der Waals surface area contributed by atoms with Crippen molar-refractivity contribution in [1.29, 1.82) is 0 Å². The van der Waals surface area contributed by atoms with Crippen molar-refractivity contribution in [2.75, 3.05) is 26.2 Å². The van der Waals surface area contributed by atoms with Gasteiger partial charge in [-0.25, -0.2) is 9.59 Å². The molecule has 0 spiro atoms. The van der Waals surface area contributed by atoms with Crippen LogP contribution in [0.5, 0.6) is 0 Å². The smallest absolute Gasteiger partial charge is 0.329 e. The fourth-order valence-corrected chi connectivity index (χ4v) is 3.21. The van der Waals surface area contributed by atoms with E-state index in [0.29, 0.717) is 25.6 Å². The Morgan fingerprint density at radius 1 is 1.35 bits per heavy atom. The van der Waals surface area contributed by atoms with Gasteiger partial charge in [-0.1, -0.05) is 13.3 Å². The topological polar surface area (TPSA) is 72.9 Å². The first-order valence-electron chi connectivity index (χ1n) is 7.51. The number of aliphatic carboxylic acids is 1. The number of hydrogen-bond acceptors (Lipinski definition) is 3. The van der Waals surface area contributed by atoms with Crippen molar-refractivity contribution in [1.82, 2.24) is 15.1 Å². The first-order valence-corrected chi connectivity index (χ1v) is 7.51. The molecule has 0 saturated carbocycles. The van der Waals surface area contributed by atoms with Crippen LogP contribution in [0.15, 0.2) is 0 Å². The molecule has 0 aliphatic carbocycles. The molecule has 2 heterocycles. The van der Waals surface area contributed by atoms with Crippen LogP contribution >= 0.6 is 0 Å². The molecule has 0 aromatic carbocycles. The second-order valence-corrected chi connectivity index (χ2v) is 6.10. The van der Waals surface area contributed by atoms with Crippen molar-refractivity contribution in [2.45, 2.75) is 51.1 Å². The van der Waals surface area contributed by atoms with Crippen molar-refractivity contribution in [3.8, 4) is 0 Å². The predicted octanol–water partition coefficient (Wildman–Crippen LogP) is 1.12. The van der Waals surface area contributed by atoms with Crippen LogP contribution in [0.4, 0.5) is 4.79 Å². The maximum atomic E-state index is 12.3. The highest BCUT2D eigenvalue weighted by Crippen LogP contribution is 2.22. The van der Waals surface area contributed by atoms with Gasteiger partial charge < -0.3 is 15.3 Å². The van der Waals surface area contributed by atoms with Crippen LogP contribution in [-0.2, 0) is 4.79 Å². The summed E-state index contributed by atoms with van der Waals surface area (Å²) in [5.74, 6) is -0.966. The highest BCUT2D eigenvalue weighted by Gasteiger charge is 2.38. The van der Waals surface area contributed by atoms with E-state index in [0.717, 1.165) is 25.9 Å². The average molecular weight is 283 g/mol. The average Bonchev–Trinajstić information content (AvgIpc) is 2.85. The minimum atomic E-state index is -1.17. The number of piperazine rings is 1. The second kappa shape index (κ2) is 5.99. The largest absolute Gasteiger partial charge is 0.480 e. The van der Waals surface area contributed by atoms with Gasteiger partial charge in [-0.3, -0.25) is 4.90 Å². The molecule has 114 valence electrons. The molecule has 2 N–H and O–H groups in total. The Labute approximate surface area is 120 Å². The molecule has 2 amide bonds. The van der Waals surface area contributed by atoms with Crippen LogP contribution in [0, 0.1) is 0 Å². The summed E-state index contributed by atoms with van der Waals surface area (Å²) < 4.78 is 0. The summed E-state index contributed by atoms with van der Waals surface area (Å²) in [5.41, 5.74) is -1.17. The standard InChI is InChI=1S/C14H25N3O3/c1-3-6-14(2,12(18)19)15-13(20)17-9-8-16-7-4-5-11(16)10-17/h11H,3-10H2,1-2H3,(H,15,20)(H,18,19). The van der Waals surface area contributed by atoms with Crippen molar-refractivity contribution < 1.29 is 14.7 Å². The van der Waals surface area contributed by atoms with Crippen LogP contribution in [0.25, 0.3) is 0 Å². The Hall–Kier alpha value is -1.30. The van der Waals surface area contributed by atoms with Gasteiger partial charge in [-0.05, 0) is 32.7 Å². The first kappa shape index (κ1) is 15.1. The number of amides is 2. The van der Waals surface area contributed by atoms with Crippen LogP contribution < -0.4 is 5.32 Å². The van der Waals surface area contributed by atoms with Gasteiger partial charge in [0, 0.05) is 25.7 Å². The lowest BCUT2D eigenvalue weighted by atomic mass is 9.96. The zero-order valence-corrected chi connectivity index (χ0v) is 12.4. The van der Waals surface area contributed by atoms with Crippen LogP contribution in [0.3, 0.4) is 0 Å². The molecule has 6 nitrogen and oxygen atoms in total. The number of carbonyl (C=O) groups excluding carboxylic acids is 1. The SMILES string of the molecule is CCCC(C)(NC(=O)N1CCN2CCCC2C1)C(=O)O. The number of hydrogen-bond donors (Lipinski definition) is 2. The van der Waals surface area contributed by atoms with Crippen molar-refractivity contribution in [3.63, 3.8) is 0 Å². The van der Waals surface area contributed by atoms with Crippen molar-refractivity contribution in [2.24, 2.45) is 0 Å². The van der Waals surface area contributed by atoms with Gasteiger partial charge >= 0.3 is 12.0 Å². The molecule has 20 heavy (non-hydrogen) atoms. The minimum absolute atomic E-state index is 0.241. The van der Waals surface area contributed by atoms with Crippen LogP contribution in [0.2, 0.25) is 0 Å². The molecule has 0 aromatic heterocycles. The molecular weight excluding hydrogens is 258 g/mol. The molecule has 2 aliphatic heterocycles. The Morgan fingerprint density at radius 2 is 2.10 bits per heavy atom. The number of nitrogens with zero attached hydrogens (tertiary/aromatic N) is 2. The number of carboxylic acids is 1. The van der Waals surface area contributed by atoms with Gasteiger partial charge in [0.2, 0.25) is 0 Å². The molecular formula is C14H25N3O3. The van der Waals surface area contributed by atoms with Gasteiger partial charge in [-0.2, -0.15) is 0 Å². The summed E-state index contributed by atoms with van der Waals surface area (Å²) >= 11 is 0. The zero-order chi connectivity index (χ0) is 14.8. The third-order valence-corrected chi connectivity index (χ3v) is 4.48. The Balaban J connectivity index is 1.95.